The smallest absolute Gasteiger partial charge is 0.372 e. The zero-order valence-electron chi connectivity index (χ0n) is 21.5. The highest BCUT2D eigenvalue weighted by atomic mass is 32.3. The molecule has 0 aromatic rings. The van der Waals surface area contributed by atoms with Crippen molar-refractivity contribution in [1.29, 1.82) is 0 Å². The van der Waals surface area contributed by atoms with Crippen LogP contribution in [-0.2, 0) is 14.6 Å². The largest absolute Gasteiger partial charge is 0.397 e. The summed E-state index contributed by atoms with van der Waals surface area (Å²) in [5, 5.41) is 3.43. The van der Waals surface area contributed by atoms with E-state index in [9.17, 15) is 8.42 Å². The second-order valence-corrected chi connectivity index (χ2v) is 9.46. The molecule has 0 aliphatic carbocycles. The molecule has 198 valence electrons. The highest BCUT2D eigenvalue weighted by Gasteiger charge is 2.10. The van der Waals surface area contributed by atoms with Crippen LogP contribution >= 0.6 is 0 Å². The van der Waals surface area contributed by atoms with E-state index in [2.05, 4.69) is 45.5 Å². The van der Waals surface area contributed by atoms with Gasteiger partial charge in [-0.25, -0.2) is 4.18 Å². The van der Waals surface area contributed by atoms with Crippen LogP contribution in [0, 0.1) is 0 Å². The molecule has 0 aromatic carbocycles. The number of rotatable bonds is 19. The van der Waals surface area contributed by atoms with Gasteiger partial charge in [-0.05, 0) is 32.9 Å². The van der Waals surface area contributed by atoms with E-state index in [-0.39, 0.29) is 12.8 Å². The zero-order chi connectivity index (χ0) is 23.9. The molecule has 1 heterocycles. The van der Waals surface area contributed by atoms with Crippen molar-refractivity contribution in [2.24, 2.45) is 4.99 Å². The predicted molar refractivity (Wildman–Crippen MR) is 140 cm³/mol. The van der Waals surface area contributed by atoms with Gasteiger partial charge in [0.2, 0.25) is 0 Å². The number of unbranched alkanes of at least 4 members (excludes halogenated alkanes) is 13. The Hall–Kier alpha value is -1.16. The van der Waals surface area contributed by atoms with Gasteiger partial charge >= 0.3 is 10.4 Å². The summed E-state index contributed by atoms with van der Waals surface area (Å²) in [6, 6.07) is 0. The molecule has 9 heteroatoms. The lowest BCUT2D eigenvalue weighted by Crippen LogP contribution is -2.39. The Kier molecular flexibility index (Phi) is 24.7. The molecule has 1 aliphatic rings. The molecule has 0 spiro atoms. The van der Waals surface area contributed by atoms with Crippen LogP contribution in [0.25, 0.3) is 0 Å². The first-order valence-corrected chi connectivity index (χ1v) is 14.1. The van der Waals surface area contributed by atoms with Crippen LogP contribution in [0.1, 0.15) is 111 Å². The second kappa shape index (κ2) is 24.0. The van der Waals surface area contributed by atoms with E-state index >= 15 is 0 Å². The second-order valence-electron chi connectivity index (χ2n) is 8.37. The van der Waals surface area contributed by atoms with Crippen molar-refractivity contribution in [1.82, 2.24) is 16.4 Å². The van der Waals surface area contributed by atoms with Gasteiger partial charge in [0.25, 0.3) is 0 Å². The Morgan fingerprint density at radius 3 is 1.91 bits per heavy atom. The van der Waals surface area contributed by atoms with Gasteiger partial charge in [-0.3, -0.25) is 9.55 Å². The third-order valence-electron chi connectivity index (χ3n) is 5.41. The minimum absolute atomic E-state index is 0. The molecule has 0 aromatic heterocycles. The van der Waals surface area contributed by atoms with Gasteiger partial charge < -0.3 is 16.4 Å². The molecular formula is C24H52N4O4S. The average Bonchev–Trinajstić information content (AvgIpc) is 3.28. The Morgan fingerprint density at radius 1 is 1.00 bits per heavy atom. The molecule has 1 atom stereocenters. The van der Waals surface area contributed by atoms with E-state index in [4.69, 9.17) is 4.55 Å². The molecule has 1 unspecified atom stereocenters. The number of hydrogen-bond acceptors (Lipinski definition) is 7. The van der Waals surface area contributed by atoms with Gasteiger partial charge in [0.1, 0.15) is 0 Å². The minimum Gasteiger partial charge on any atom is -0.372 e. The number of allylic oxidation sites excluding steroid dienone is 1. The minimum atomic E-state index is -4.17. The van der Waals surface area contributed by atoms with Crippen molar-refractivity contribution < 1.29 is 17.2 Å². The summed E-state index contributed by atoms with van der Waals surface area (Å²) in [7, 11) is -4.17. The summed E-state index contributed by atoms with van der Waals surface area (Å²) >= 11 is 0. The molecule has 5 N–H and O–H groups in total. The van der Waals surface area contributed by atoms with Crippen molar-refractivity contribution in [3.63, 3.8) is 0 Å². The summed E-state index contributed by atoms with van der Waals surface area (Å²) in [6.07, 6.45) is 26.5. The van der Waals surface area contributed by atoms with E-state index in [1.165, 1.54) is 96.8 Å². The maximum Gasteiger partial charge on any atom is 0.397 e. The Bertz CT molecular complexity index is 571. The fourth-order valence-electron chi connectivity index (χ4n) is 3.50. The normalized spacial score (nSPS) is 14.1. The van der Waals surface area contributed by atoms with Crippen LogP contribution < -0.4 is 11.5 Å². The lowest BCUT2D eigenvalue weighted by molar-refractivity contribution is 0.283. The van der Waals surface area contributed by atoms with E-state index < -0.39 is 10.4 Å². The van der Waals surface area contributed by atoms with Gasteiger partial charge in [0.05, 0.1) is 25.7 Å². The van der Waals surface area contributed by atoms with Gasteiger partial charge in [-0.15, -0.1) is 0 Å². The third-order valence-corrected chi connectivity index (χ3v) is 5.94. The maximum atomic E-state index is 9.56. The Morgan fingerprint density at radius 2 is 1.52 bits per heavy atom. The van der Waals surface area contributed by atoms with Crippen molar-refractivity contribution in [3.05, 3.63) is 12.3 Å². The van der Waals surface area contributed by atoms with Crippen molar-refractivity contribution in [2.75, 3.05) is 19.7 Å². The molecule has 0 saturated heterocycles. The van der Waals surface area contributed by atoms with Crippen molar-refractivity contribution >= 4 is 16.7 Å². The molecule has 8 nitrogen and oxygen atoms in total. The lowest BCUT2D eigenvalue weighted by Gasteiger charge is -2.22. The Balaban J connectivity index is 0. The molecule has 0 fully saturated rings. The zero-order valence-corrected chi connectivity index (χ0v) is 22.3. The fourth-order valence-corrected chi connectivity index (χ4v) is 3.80. The summed E-state index contributed by atoms with van der Waals surface area (Å²) in [4.78, 5) is 6.49. The van der Waals surface area contributed by atoms with E-state index in [0.29, 0.717) is 6.17 Å². The van der Waals surface area contributed by atoms with Crippen molar-refractivity contribution in [2.45, 2.75) is 117 Å². The number of hydrogen-bond donors (Lipinski definition) is 3. The van der Waals surface area contributed by atoms with E-state index in [1.54, 1.807) is 0 Å². The molecule has 1 rings (SSSR count). The van der Waals surface area contributed by atoms with Gasteiger partial charge in [0, 0.05) is 6.54 Å². The van der Waals surface area contributed by atoms with Crippen LogP contribution in [0.4, 0.5) is 0 Å². The monoisotopic (exact) mass is 492 g/mol. The SMILES string of the molecule is CCCCCCCCCCCCCCCC=CNC(C)N1C=NCC1.CCOS(=O)(=O)O.N. The standard InChI is InChI=1S/C22H43N3.C2H6O4S.H3N/c1-3-4-5-6-7-8-9-10-11-12-13-14-15-16-17-18-24-22(2)25-20-19-23-21-25;1-2-6-7(3,4)5;/h17-18,21-22,24H,3-16,19-20H2,1-2H3;2H2,1H3,(H,3,4,5);1H3. The summed E-state index contributed by atoms with van der Waals surface area (Å²) in [5.74, 6) is 0. The quantitative estimate of drug-likeness (QED) is 0.144. The van der Waals surface area contributed by atoms with Gasteiger partial charge in [-0.2, -0.15) is 8.42 Å². The van der Waals surface area contributed by atoms with Crippen LogP contribution in [0.2, 0.25) is 0 Å². The molecule has 0 saturated carbocycles. The number of nitrogens with one attached hydrogen (secondary N) is 1. The Labute approximate surface area is 204 Å². The van der Waals surface area contributed by atoms with Gasteiger partial charge in [-0.1, -0.05) is 90.0 Å². The van der Waals surface area contributed by atoms with Crippen LogP contribution in [-0.4, -0.2) is 50.1 Å². The highest BCUT2D eigenvalue weighted by Crippen LogP contribution is 2.13. The summed E-state index contributed by atoms with van der Waals surface area (Å²) < 4.78 is 30.7. The first-order valence-electron chi connectivity index (χ1n) is 12.7. The molecule has 1 aliphatic heterocycles. The topological polar surface area (TPSA) is 126 Å². The maximum absolute atomic E-state index is 9.56. The van der Waals surface area contributed by atoms with E-state index in [0.717, 1.165) is 13.1 Å². The van der Waals surface area contributed by atoms with Crippen LogP contribution in [0.3, 0.4) is 0 Å². The number of aliphatic imine (C=N–C) groups is 1. The third kappa shape index (κ3) is 25.3. The number of nitrogens with zero attached hydrogens (tertiary/aromatic N) is 2. The summed E-state index contributed by atoms with van der Waals surface area (Å²) in [5.41, 5.74) is 0. The summed E-state index contributed by atoms with van der Waals surface area (Å²) in [6.45, 7) is 7.90. The molecule has 0 bridgehead atoms. The first-order chi connectivity index (χ1) is 15.4. The highest BCUT2D eigenvalue weighted by molar-refractivity contribution is 7.80. The lowest BCUT2D eigenvalue weighted by atomic mass is 10.0. The fraction of sp³-hybridized carbons (Fsp3) is 0.875. The predicted octanol–water partition coefficient (Wildman–Crippen LogP) is 6.25. The van der Waals surface area contributed by atoms with Crippen LogP contribution in [0.5, 0.6) is 0 Å². The average molecular weight is 493 g/mol. The van der Waals surface area contributed by atoms with Crippen molar-refractivity contribution in [3.8, 4) is 0 Å². The molecule has 0 radical (unpaired) electrons. The van der Waals surface area contributed by atoms with E-state index in [1.807, 2.05) is 6.34 Å². The molecule has 0 amide bonds. The molecule has 33 heavy (non-hydrogen) atoms. The molecular weight excluding hydrogens is 440 g/mol. The van der Waals surface area contributed by atoms with Crippen LogP contribution in [0.15, 0.2) is 17.3 Å². The first kappa shape index (κ1) is 34.0. The van der Waals surface area contributed by atoms with Gasteiger partial charge in [0.15, 0.2) is 0 Å².